The number of benzene rings is 2. The average Bonchev–Trinajstić information content (AvgIpc) is 3.05. The third kappa shape index (κ3) is 3.33. The molecule has 0 saturated carbocycles. The first-order valence-corrected chi connectivity index (χ1v) is 10.3. The minimum absolute atomic E-state index is 0.197. The van der Waals surface area contributed by atoms with Gasteiger partial charge in [0, 0.05) is 0 Å². The van der Waals surface area contributed by atoms with Crippen LogP contribution in [0.25, 0.3) is 31.0 Å². The Morgan fingerprint density at radius 3 is 2.16 bits per heavy atom. The number of hydrogen-bond acceptors (Lipinski definition) is 1. The second kappa shape index (κ2) is 6.29. The van der Waals surface area contributed by atoms with Gasteiger partial charge in [0.05, 0.1) is 0 Å². The van der Waals surface area contributed by atoms with Gasteiger partial charge in [0.25, 0.3) is 0 Å². The molecule has 2 heterocycles. The maximum atomic E-state index is 4.93. The summed E-state index contributed by atoms with van der Waals surface area (Å²) in [5.74, 6) is 0. The predicted octanol–water partition coefficient (Wildman–Crippen LogP) is 5.92. The standard InChI is InChI=1S/C23H21NSe/c1-23(2,3)19-12-9-17(10-13-19)21-15-18-11-14-20(24-22(18)25-21)16-7-5-4-6-8-16/h4-15H,1-3H3. The Morgan fingerprint density at radius 1 is 0.760 bits per heavy atom. The Balaban J connectivity index is 1.72. The predicted molar refractivity (Wildman–Crippen MR) is 108 cm³/mol. The number of fused-ring (bicyclic) bond motifs is 1. The number of hydrogen-bond donors (Lipinski definition) is 0. The Morgan fingerprint density at radius 2 is 1.48 bits per heavy atom. The molecule has 0 N–H and O–H groups in total. The van der Waals surface area contributed by atoms with E-state index in [9.17, 15) is 0 Å². The molecule has 25 heavy (non-hydrogen) atoms. The van der Waals surface area contributed by atoms with Crippen LogP contribution < -0.4 is 0 Å². The summed E-state index contributed by atoms with van der Waals surface area (Å²) in [4.78, 5) is 4.93. The summed E-state index contributed by atoms with van der Waals surface area (Å²) in [6, 6.07) is 26.1. The van der Waals surface area contributed by atoms with Crippen molar-refractivity contribution in [2.45, 2.75) is 26.2 Å². The molecule has 0 aliphatic heterocycles. The molecule has 124 valence electrons. The molecule has 0 unspecified atom stereocenters. The fraction of sp³-hybridized carbons (Fsp3) is 0.174. The first-order chi connectivity index (χ1) is 12.0. The van der Waals surface area contributed by atoms with E-state index in [4.69, 9.17) is 4.98 Å². The van der Waals surface area contributed by atoms with Crippen LogP contribution in [0.3, 0.4) is 0 Å². The van der Waals surface area contributed by atoms with E-state index < -0.39 is 0 Å². The van der Waals surface area contributed by atoms with Crippen LogP contribution in [0.2, 0.25) is 0 Å². The van der Waals surface area contributed by atoms with Gasteiger partial charge < -0.3 is 0 Å². The van der Waals surface area contributed by atoms with Crippen LogP contribution in [0.4, 0.5) is 0 Å². The third-order valence-corrected chi connectivity index (χ3v) is 6.78. The quantitative estimate of drug-likeness (QED) is 0.387. The molecule has 0 bridgehead atoms. The number of nitrogens with zero attached hydrogens (tertiary/aromatic N) is 1. The van der Waals surface area contributed by atoms with Crippen molar-refractivity contribution in [1.82, 2.24) is 4.98 Å². The first-order valence-electron chi connectivity index (χ1n) is 8.58. The number of pyridine rings is 1. The Labute approximate surface area is 155 Å². The summed E-state index contributed by atoms with van der Waals surface area (Å²) >= 11 is 0.267. The van der Waals surface area contributed by atoms with Gasteiger partial charge in [-0.1, -0.05) is 0 Å². The van der Waals surface area contributed by atoms with Gasteiger partial charge in [-0.25, -0.2) is 0 Å². The Kier molecular flexibility index (Phi) is 4.11. The van der Waals surface area contributed by atoms with E-state index in [-0.39, 0.29) is 19.9 Å². The van der Waals surface area contributed by atoms with Gasteiger partial charge >= 0.3 is 155 Å². The van der Waals surface area contributed by atoms with Crippen molar-refractivity contribution in [3.8, 4) is 21.3 Å². The molecule has 0 fully saturated rings. The fourth-order valence-electron chi connectivity index (χ4n) is 2.96. The van der Waals surface area contributed by atoms with Gasteiger partial charge in [0.1, 0.15) is 0 Å². The van der Waals surface area contributed by atoms with E-state index in [1.165, 1.54) is 30.9 Å². The molecule has 0 radical (unpaired) electrons. The minimum atomic E-state index is 0.197. The fourth-order valence-corrected chi connectivity index (χ4v) is 5.14. The second-order valence-electron chi connectivity index (χ2n) is 7.39. The Bertz CT molecular complexity index is 1010. The topological polar surface area (TPSA) is 12.9 Å². The van der Waals surface area contributed by atoms with Crippen molar-refractivity contribution in [2.24, 2.45) is 0 Å². The normalized spacial score (nSPS) is 11.8. The van der Waals surface area contributed by atoms with Crippen molar-refractivity contribution in [1.29, 1.82) is 0 Å². The van der Waals surface area contributed by atoms with Crippen LogP contribution in [-0.4, -0.2) is 19.5 Å². The molecule has 0 aliphatic carbocycles. The van der Waals surface area contributed by atoms with Crippen LogP contribution in [-0.2, 0) is 5.41 Å². The van der Waals surface area contributed by atoms with Crippen LogP contribution in [0.15, 0.2) is 72.8 Å². The van der Waals surface area contributed by atoms with Crippen LogP contribution >= 0.6 is 0 Å². The first kappa shape index (κ1) is 16.3. The van der Waals surface area contributed by atoms with Gasteiger partial charge in [-0.05, 0) is 0 Å². The summed E-state index contributed by atoms with van der Waals surface area (Å²) in [5, 5.41) is 1.27. The molecule has 0 amide bonds. The SMILES string of the molecule is CC(C)(C)c1ccc(-c2cc3ccc(-c4ccccc4)nc3[se]2)cc1. The maximum absolute atomic E-state index is 4.93. The zero-order valence-corrected chi connectivity index (χ0v) is 16.5. The zero-order valence-electron chi connectivity index (χ0n) is 14.8. The molecule has 1 nitrogen and oxygen atoms in total. The average molecular weight is 390 g/mol. The summed E-state index contributed by atoms with van der Waals surface area (Å²) in [7, 11) is 0. The molecule has 2 aromatic heterocycles. The number of rotatable bonds is 2. The van der Waals surface area contributed by atoms with E-state index in [2.05, 4.69) is 87.5 Å². The van der Waals surface area contributed by atoms with Crippen LogP contribution in [0.1, 0.15) is 26.3 Å². The summed E-state index contributed by atoms with van der Waals surface area (Å²) in [6.45, 7) is 6.77. The van der Waals surface area contributed by atoms with Crippen molar-refractivity contribution >= 4 is 24.3 Å². The summed E-state index contributed by atoms with van der Waals surface area (Å²) in [6.07, 6.45) is 0. The molecular formula is C23H21NSe. The van der Waals surface area contributed by atoms with E-state index >= 15 is 0 Å². The molecule has 0 aliphatic rings. The molecule has 4 aromatic rings. The van der Waals surface area contributed by atoms with E-state index in [0.717, 1.165) is 5.69 Å². The van der Waals surface area contributed by atoms with E-state index in [0.29, 0.717) is 0 Å². The number of aromatic nitrogens is 1. The summed E-state index contributed by atoms with van der Waals surface area (Å²) < 4.78 is 2.66. The van der Waals surface area contributed by atoms with Gasteiger partial charge in [-0.3, -0.25) is 0 Å². The van der Waals surface area contributed by atoms with Gasteiger partial charge in [-0.2, -0.15) is 0 Å². The molecule has 0 spiro atoms. The summed E-state index contributed by atoms with van der Waals surface area (Å²) in [5.41, 5.74) is 5.16. The zero-order chi connectivity index (χ0) is 17.4. The van der Waals surface area contributed by atoms with Crippen molar-refractivity contribution < 1.29 is 0 Å². The van der Waals surface area contributed by atoms with Gasteiger partial charge in [-0.15, -0.1) is 0 Å². The Hall–Kier alpha value is -2.15. The van der Waals surface area contributed by atoms with E-state index in [1.807, 2.05) is 6.07 Å². The second-order valence-corrected chi connectivity index (χ2v) is 9.56. The van der Waals surface area contributed by atoms with Crippen molar-refractivity contribution in [3.63, 3.8) is 0 Å². The van der Waals surface area contributed by atoms with Gasteiger partial charge in [0.15, 0.2) is 0 Å². The van der Waals surface area contributed by atoms with Crippen molar-refractivity contribution in [3.05, 3.63) is 78.4 Å². The van der Waals surface area contributed by atoms with Crippen LogP contribution in [0, 0.1) is 0 Å². The monoisotopic (exact) mass is 391 g/mol. The molecule has 4 rings (SSSR count). The molecule has 2 aromatic carbocycles. The van der Waals surface area contributed by atoms with E-state index in [1.54, 1.807) is 0 Å². The van der Waals surface area contributed by atoms with Crippen molar-refractivity contribution in [2.75, 3.05) is 0 Å². The van der Waals surface area contributed by atoms with Gasteiger partial charge in [0.2, 0.25) is 0 Å². The molecular weight excluding hydrogens is 369 g/mol. The third-order valence-electron chi connectivity index (χ3n) is 4.49. The van der Waals surface area contributed by atoms with Crippen LogP contribution in [0.5, 0.6) is 0 Å². The molecule has 0 atom stereocenters. The molecule has 0 saturated heterocycles. The molecule has 2 heteroatoms.